The van der Waals surface area contributed by atoms with Crippen LogP contribution in [0.1, 0.15) is 28.5 Å². The van der Waals surface area contributed by atoms with Crippen LogP contribution in [-0.2, 0) is 16.8 Å². The molecular formula is C20H28N6O3S. The highest BCUT2D eigenvalue weighted by molar-refractivity contribution is 7.90. The monoisotopic (exact) mass is 432 g/mol. The summed E-state index contributed by atoms with van der Waals surface area (Å²) in [7, 11) is -1.78. The van der Waals surface area contributed by atoms with E-state index in [1.54, 1.807) is 18.2 Å². The fourth-order valence-electron chi connectivity index (χ4n) is 3.34. The van der Waals surface area contributed by atoms with Crippen molar-refractivity contribution in [2.24, 2.45) is 5.84 Å². The lowest BCUT2D eigenvalue weighted by atomic mass is 10.2. The van der Waals surface area contributed by atoms with Gasteiger partial charge in [0.2, 0.25) is 0 Å². The first kappa shape index (κ1) is 22.2. The van der Waals surface area contributed by atoms with Crippen molar-refractivity contribution in [1.82, 2.24) is 19.6 Å². The number of nitrogens with zero attached hydrogens (tertiary/aromatic N) is 4. The Bertz CT molecular complexity index is 996. The number of hydrogen-bond acceptors (Lipinski definition) is 6. The maximum absolute atomic E-state index is 13.6. The molecular weight excluding hydrogens is 404 g/mol. The second kappa shape index (κ2) is 9.09. The molecule has 0 unspecified atom stereocenters. The molecule has 1 fully saturated rings. The molecule has 1 saturated heterocycles. The van der Waals surface area contributed by atoms with Crippen molar-refractivity contribution in [2.45, 2.75) is 26.4 Å². The van der Waals surface area contributed by atoms with Gasteiger partial charge in [-0.05, 0) is 50.7 Å². The number of amides is 1. The molecule has 0 bridgehead atoms. The number of benzene rings is 1. The standard InChI is InChI=1S/C20H28N6O3S/c1-15-5-4-6-19(11-15)26(14-18-8-7-17(12-22-18)20(27)23-21)30(28,29)25-10-9-24(3)16(2)13-25/h4-8,11-12,16H,9-10,13-14,21H2,1-3H3,(H,23,27)/t16-/m1/s1. The minimum atomic E-state index is -3.78. The third-order valence-corrected chi connectivity index (χ3v) is 7.22. The number of aryl methyl sites for hydroxylation is 1. The lowest BCUT2D eigenvalue weighted by Gasteiger charge is -2.39. The first-order valence-corrected chi connectivity index (χ1v) is 11.1. The van der Waals surface area contributed by atoms with Gasteiger partial charge in [-0.1, -0.05) is 12.1 Å². The average molecular weight is 433 g/mol. The quantitative estimate of drug-likeness (QED) is 0.398. The summed E-state index contributed by atoms with van der Waals surface area (Å²) in [5, 5.41) is 0. The van der Waals surface area contributed by atoms with Crippen molar-refractivity contribution < 1.29 is 13.2 Å². The molecule has 3 N–H and O–H groups in total. The smallest absolute Gasteiger partial charge is 0.301 e. The number of likely N-dealkylation sites (N-methyl/N-ethyl adjacent to an activating group) is 1. The molecule has 0 radical (unpaired) electrons. The maximum atomic E-state index is 13.6. The van der Waals surface area contributed by atoms with E-state index in [0.29, 0.717) is 36.6 Å². The van der Waals surface area contributed by atoms with Gasteiger partial charge < -0.3 is 4.90 Å². The summed E-state index contributed by atoms with van der Waals surface area (Å²) >= 11 is 0. The molecule has 1 aliphatic heterocycles. The van der Waals surface area contributed by atoms with Crippen LogP contribution in [0.2, 0.25) is 0 Å². The van der Waals surface area contributed by atoms with Crippen molar-refractivity contribution in [2.75, 3.05) is 31.0 Å². The van der Waals surface area contributed by atoms with Crippen molar-refractivity contribution in [3.05, 3.63) is 59.4 Å². The molecule has 1 amide bonds. The van der Waals surface area contributed by atoms with Gasteiger partial charge in [0.25, 0.3) is 5.91 Å². The molecule has 1 aliphatic rings. The van der Waals surface area contributed by atoms with Crippen LogP contribution < -0.4 is 15.6 Å². The lowest BCUT2D eigenvalue weighted by Crippen LogP contribution is -2.55. The molecule has 2 heterocycles. The van der Waals surface area contributed by atoms with Gasteiger partial charge in [-0.15, -0.1) is 0 Å². The number of rotatable bonds is 6. The Morgan fingerprint density at radius 2 is 2.07 bits per heavy atom. The number of anilines is 1. The fourth-order valence-corrected chi connectivity index (χ4v) is 5.01. The minimum Gasteiger partial charge on any atom is -0.301 e. The largest absolute Gasteiger partial charge is 0.304 e. The molecule has 162 valence electrons. The summed E-state index contributed by atoms with van der Waals surface area (Å²) in [4.78, 5) is 18.1. The van der Waals surface area contributed by atoms with Gasteiger partial charge in [0.05, 0.1) is 23.5 Å². The number of piperazine rings is 1. The van der Waals surface area contributed by atoms with Gasteiger partial charge in [0.15, 0.2) is 0 Å². The number of pyridine rings is 1. The Morgan fingerprint density at radius 1 is 1.30 bits per heavy atom. The zero-order valence-electron chi connectivity index (χ0n) is 17.4. The molecule has 9 nitrogen and oxygen atoms in total. The highest BCUT2D eigenvalue weighted by Crippen LogP contribution is 2.25. The zero-order valence-corrected chi connectivity index (χ0v) is 18.3. The third-order valence-electron chi connectivity index (χ3n) is 5.34. The van der Waals surface area contributed by atoms with E-state index in [0.717, 1.165) is 5.56 Å². The van der Waals surface area contributed by atoms with Gasteiger partial charge in [-0.25, -0.2) is 5.84 Å². The van der Waals surface area contributed by atoms with E-state index in [-0.39, 0.29) is 12.6 Å². The first-order valence-electron chi connectivity index (χ1n) is 9.73. The Balaban J connectivity index is 1.94. The molecule has 1 aromatic heterocycles. The fraction of sp³-hybridized carbons (Fsp3) is 0.400. The molecule has 10 heteroatoms. The highest BCUT2D eigenvalue weighted by atomic mass is 32.2. The molecule has 1 aromatic carbocycles. The van der Waals surface area contributed by atoms with Gasteiger partial charge in [0.1, 0.15) is 0 Å². The summed E-state index contributed by atoms with van der Waals surface area (Å²) in [6, 6.07) is 10.7. The Hall–Kier alpha value is -2.53. The molecule has 3 rings (SSSR count). The Labute approximate surface area is 177 Å². The molecule has 0 spiro atoms. The van der Waals surface area contributed by atoms with Gasteiger partial charge in [-0.2, -0.15) is 12.7 Å². The van der Waals surface area contributed by atoms with Crippen molar-refractivity contribution >= 4 is 21.8 Å². The summed E-state index contributed by atoms with van der Waals surface area (Å²) in [6.45, 7) is 5.51. The predicted molar refractivity (Wildman–Crippen MR) is 116 cm³/mol. The van der Waals surface area contributed by atoms with Crippen molar-refractivity contribution in [3.8, 4) is 0 Å². The van der Waals surface area contributed by atoms with E-state index in [4.69, 9.17) is 5.84 Å². The number of carbonyl (C=O) groups is 1. The van der Waals surface area contributed by atoms with E-state index in [1.165, 1.54) is 14.8 Å². The van der Waals surface area contributed by atoms with Crippen LogP contribution in [0.25, 0.3) is 0 Å². The number of nitrogens with one attached hydrogen (secondary N) is 1. The molecule has 0 aliphatic carbocycles. The molecule has 1 atom stereocenters. The minimum absolute atomic E-state index is 0.0526. The highest BCUT2D eigenvalue weighted by Gasteiger charge is 2.34. The first-order chi connectivity index (χ1) is 14.2. The number of carbonyl (C=O) groups excluding carboxylic acids is 1. The number of hydrogen-bond donors (Lipinski definition) is 2. The van der Waals surface area contributed by atoms with E-state index in [9.17, 15) is 13.2 Å². The summed E-state index contributed by atoms with van der Waals surface area (Å²) in [5.41, 5.74) is 4.42. The van der Waals surface area contributed by atoms with Crippen LogP contribution in [0.5, 0.6) is 0 Å². The van der Waals surface area contributed by atoms with E-state index < -0.39 is 16.1 Å². The Kier molecular flexibility index (Phi) is 6.71. The summed E-state index contributed by atoms with van der Waals surface area (Å²) in [6.07, 6.45) is 1.39. The van der Waals surface area contributed by atoms with Crippen molar-refractivity contribution in [3.63, 3.8) is 0 Å². The van der Waals surface area contributed by atoms with Crippen LogP contribution in [0.4, 0.5) is 5.69 Å². The van der Waals surface area contributed by atoms with E-state index in [1.807, 2.05) is 39.1 Å². The second-order valence-electron chi connectivity index (χ2n) is 7.55. The number of nitrogen functional groups attached to an aromatic ring is 1. The van der Waals surface area contributed by atoms with Crippen LogP contribution in [0.15, 0.2) is 42.6 Å². The normalized spacial score (nSPS) is 18.2. The van der Waals surface area contributed by atoms with Crippen LogP contribution in [0.3, 0.4) is 0 Å². The maximum Gasteiger partial charge on any atom is 0.304 e. The van der Waals surface area contributed by atoms with Gasteiger partial charge >= 0.3 is 10.2 Å². The van der Waals surface area contributed by atoms with Gasteiger partial charge in [0, 0.05) is 31.9 Å². The van der Waals surface area contributed by atoms with Crippen LogP contribution in [0, 0.1) is 6.92 Å². The topological polar surface area (TPSA) is 112 Å². The van der Waals surface area contributed by atoms with E-state index in [2.05, 4.69) is 15.3 Å². The van der Waals surface area contributed by atoms with Gasteiger partial charge in [-0.3, -0.25) is 19.5 Å². The van der Waals surface area contributed by atoms with Crippen LogP contribution >= 0.6 is 0 Å². The molecule has 0 saturated carbocycles. The lowest BCUT2D eigenvalue weighted by molar-refractivity contribution is 0.0953. The Morgan fingerprint density at radius 3 is 2.67 bits per heavy atom. The summed E-state index contributed by atoms with van der Waals surface area (Å²) < 4.78 is 30.1. The number of hydrazine groups is 1. The zero-order chi connectivity index (χ0) is 21.9. The molecule has 2 aromatic rings. The average Bonchev–Trinajstić information content (AvgIpc) is 2.73. The second-order valence-corrected chi connectivity index (χ2v) is 9.41. The predicted octanol–water partition coefficient (Wildman–Crippen LogP) is 0.881. The summed E-state index contributed by atoms with van der Waals surface area (Å²) in [5.74, 6) is 4.69. The SMILES string of the molecule is Cc1cccc(N(Cc2ccc(C(=O)NN)cn2)S(=O)(=O)N2CCN(C)[C@H](C)C2)c1. The number of aromatic nitrogens is 1. The third kappa shape index (κ3) is 4.78. The van der Waals surface area contributed by atoms with Crippen LogP contribution in [-0.4, -0.2) is 61.2 Å². The number of nitrogens with two attached hydrogens (primary N) is 1. The molecule has 30 heavy (non-hydrogen) atoms. The van der Waals surface area contributed by atoms with E-state index >= 15 is 0 Å². The van der Waals surface area contributed by atoms with Crippen molar-refractivity contribution in [1.29, 1.82) is 0 Å².